The normalized spacial score (nSPS) is 15.5. The van der Waals surface area contributed by atoms with Crippen molar-refractivity contribution >= 4 is 28.9 Å². The number of nitrogens with zero attached hydrogens (tertiary/aromatic N) is 4. The standard InChI is InChI=1S/C16H21ClN6/c1-11-4-3-5-13(21-11)23-8-6-12(7-9-23)22-16-14(18-2)15(17)19-10-20-16/h3-5,10,12,18H,6-9H2,1-2H3,(H,19,20,22). The van der Waals surface area contributed by atoms with Crippen LogP contribution in [0.25, 0.3) is 0 Å². The van der Waals surface area contributed by atoms with E-state index >= 15 is 0 Å². The molecule has 1 aliphatic rings. The van der Waals surface area contributed by atoms with Crippen molar-refractivity contribution in [1.82, 2.24) is 15.0 Å². The van der Waals surface area contributed by atoms with Crippen molar-refractivity contribution in [2.45, 2.75) is 25.8 Å². The van der Waals surface area contributed by atoms with Crippen LogP contribution in [0.3, 0.4) is 0 Å². The van der Waals surface area contributed by atoms with Crippen LogP contribution in [0.2, 0.25) is 5.15 Å². The number of piperidine rings is 1. The highest BCUT2D eigenvalue weighted by Crippen LogP contribution is 2.28. The van der Waals surface area contributed by atoms with Crippen LogP contribution >= 0.6 is 11.6 Å². The average Bonchev–Trinajstić information content (AvgIpc) is 2.56. The average molecular weight is 333 g/mol. The van der Waals surface area contributed by atoms with Crippen molar-refractivity contribution in [3.63, 3.8) is 0 Å². The highest BCUT2D eigenvalue weighted by Gasteiger charge is 2.21. The van der Waals surface area contributed by atoms with E-state index in [0.29, 0.717) is 11.2 Å². The second kappa shape index (κ2) is 7.00. The Balaban J connectivity index is 1.63. The summed E-state index contributed by atoms with van der Waals surface area (Å²) in [6.07, 6.45) is 3.54. The van der Waals surface area contributed by atoms with Crippen LogP contribution in [0, 0.1) is 6.92 Å². The van der Waals surface area contributed by atoms with Crippen LogP contribution < -0.4 is 15.5 Å². The minimum absolute atomic E-state index is 0.370. The van der Waals surface area contributed by atoms with E-state index in [1.54, 1.807) is 0 Å². The van der Waals surface area contributed by atoms with Crippen molar-refractivity contribution < 1.29 is 0 Å². The first-order valence-electron chi connectivity index (χ1n) is 7.81. The zero-order valence-electron chi connectivity index (χ0n) is 13.4. The summed E-state index contributed by atoms with van der Waals surface area (Å²) in [5.41, 5.74) is 1.80. The molecule has 0 bridgehead atoms. The molecule has 2 aromatic rings. The highest BCUT2D eigenvalue weighted by molar-refractivity contribution is 6.32. The number of nitrogens with one attached hydrogen (secondary N) is 2. The van der Waals surface area contributed by atoms with Crippen LogP contribution in [0.4, 0.5) is 17.3 Å². The van der Waals surface area contributed by atoms with Gasteiger partial charge in [0.15, 0.2) is 11.0 Å². The first-order valence-corrected chi connectivity index (χ1v) is 8.18. The number of aryl methyl sites for hydroxylation is 1. The molecule has 3 heterocycles. The predicted octanol–water partition coefficient (Wildman–Crippen LogP) is 2.96. The number of hydrogen-bond acceptors (Lipinski definition) is 6. The topological polar surface area (TPSA) is 66.0 Å². The van der Waals surface area contributed by atoms with E-state index in [1.807, 2.05) is 20.0 Å². The summed E-state index contributed by atoms with van der Waals surface area (Å²) in [4.78, 5) is 15.2. The number of anilines is 3. The van der Waals surface area contributed by atoms with Crippen LogP contribution in [-0.2, 0) is 0 Å². The largest absolute Gasteiger partial charge is 0.383 e. The Hall–Kier alpha value is -2.08. The Kier molecular flexibility index (Phi) is 4.81. The molecule has 2 aromatic heterocycles. The van der Waals surface area contributed by atoms with E-state index in [1.165, 1.54) is 6.33 Å². The van der Waals surface area contributed by atoms with E-state index in [9.17, 15) is 0 Å². The second-order valence-electron chi connectivity index (χ2n) is 5.68. The summed E-state index contributed by atoms with van der Waals surface area (Å²) < 4.78 is 0. The molecule has 0 radical (unpaired) electrons. The second-order valence-corrected chi connectivity index (χ2v) is 6.04. The fourth-order valence-electron chi connectivity index (χ4n) is 2.85. The maximum Gasteiger partial charge on any atom is 0.157 e. The molecule has 0 unspecified atom stereocenters. The fraction of sp³-hybridized carbons (Fsp3) is 0.438. The summed E-state index contributed by atoms with van der Waals surface area (Å²) in [6.45, 7) is 3.97. The zero-order valence-corrected chi connectivity index (χ0v) is 14.1. The quantitative estimate of drug-likeness (QED) is 0.839. The lowest BCUT2D eigenvalue weighted by Gasteiger charge is -2.33. The summed E-state index contributed by atoms with van der Waals surface area (Å²) in [5.74, 6) is 1.82. The van der Waals surface area contributed by atoms with Gasteiger partial charge in [0.25, 0.3) is 0 Å². The molecule has 122 valence electrons. The number of rotatable bonds is 4. The minimum Gasteiger partial charge on any atom is -0.383 e. The lowest BCUT2D eigenvalue weighted by Crippen LogP contribution is -2.39. The van der Waals surface area contributed by atoms with E-state index in [-0.39, 0.29) is 0 Å². The van der Waals surface area contributed by atoms with Gasteiger partial charge in [0.2, 0.25) is 0 Å². The lowest BCUT2D eigenvalue weighted by molar-refractivity contribution is 0.522. The fourth-order valence-corrected chi connectivity index (χ4v) is 3.07. The van der Waals surface area contributed by atoms with E-state index in [0.717, 1.165) is 48.9 Å². The van der Waals surface area contributed by atoms with E-state index < -0.39 is 0 Å². The molecule has 6 nitrogen and oxygen atoms in total. The molecule has 23 heavy (non-hydrogen) atoms. The molecule has 0 aliphatic carbocycles. The number of aromatic nitrogens is 3. The lowest BCUT2D eigenvalue weighted by atomic mass is 10.0. The van der Waals surface area contributed by atoms with Gasteiger partial charge in [-0.3, -0.25) is 0 Å². The van der Waals surface area contributed by atoms with Gasteiger partial charge in [-0.2, -0.15) is 0 Å². The molecule has 1 aliphatic heterocycles. The summed E-state index contributed by atoms with van der Waals surface area (Å²) in [6, 6.07) is 6.53. The first-order chi connectivity index (χ1) is 11.2. The predicted molar refractivity (Wildman–Crippen MR) is 94.4 cm³/mol. The molecular formula is C16H21ClN6. The van der Waals surface area contributed by atoms with Crippen molar-refractivity contribution in [1.29, 1.82) is 0 Å². The minimum atomic E-state index is 0.370. The zero-order chi connectivity index (χ0) is 16.2. The van der Waals surface area contributed by atoms with Gasteiger partial charge in [-0.05, 0) is 31.9 Å². The van der Waals surface area contributed by atoms with Crippen molar-refractivity contribution in [2.75, 3.05) is 35.7 Å². The Morgan fingerprint density at radius 3 is 2.70 bits per heavy atom. The summed E-state index contributed by atoms with van der Waals surface area (Å²) in [7, 11) is 1.82. The van der Waals surface area contributed by atoms with Crippen LogP contribution in [0.15, 0.2) is 24.5 Å². The molecule has 0 amide bonds. The molecule has 1 saturated heterocycles. The van der Waals surface area contributed by atoms with Crippen molar-refractivity contribution in [3.05, 3.63) is 35.4 Å². The maximum absolute atomic E-state index is 6.10. The molecular weight excluding hydrogens is 312 g/mol. The molecule has 0 atom stereocenters. The number of hydrogen-bond donors (Lipinski definition) is 2. The monoisotopic (exact) mass is 332 g/mol. The maximum atomic E-state index is 6.10. The van der Waals surface area contributed by atoms with Crippen molar-refractivity contribution in [2.24, 2.45) is 0 Å². The molecule has 7 heteroatoms. The molecule has 1 fully saturated rings. The Bertz CT molecular complexity index is 669. The Morgan fingerprint density at radius 1 is 1.22 bits per heavy atom. The molecule has 3 rings (SSSR count). The molecule has 0 aromatic carbocycles. The SMILES string of the molecule is CNc1c(Cl)ncnc1NC1CCN(c2cccc(C)n2)CC1. The number of halogens is 1. The van der Waals surface area contributed by atoms with Gasteiger partial charge in [-0.1, -0.05) is 17.7 Å². The molecule has 0 spiro atoms. The highest BCUT2D eigenvalue weighted by atomic mass is 35.5. The van der Waals surface area contributed by atoms with E-state index in [2.05, 4.69) is 42.6 Å². The van der Waals surface area contributed by atoms with Gasteiger partial charge in [0.1, 0.15) is 17.8 Å². The van der Waals surface area contributed by atoms with Gasteiger partial charge in [-0.25, -0.2) is 15.0 Å². The smallest absolute Gasteiger partial charge is 0.157 e. The van der Waals surface area contributed by atoms with E-state index in [4.69, 9.17) is 11.6 Å². The third-order valence-electron chi connectivity index (χ3n) is 4.08. The van der Waals surface area contributed by atoms with Gasteiger partial charge in [0, 0.05) is 31.9 Å². The molecule has 2 N–H and O–H groups in total. The third kappa shape index (κ3) is 3.64. The van der Waals surface area contributed by atoms with Crippen LogP contribution in [0.5, 0.6) is 0 Å². The first kappa shape index (κ1) is 15.8. The van der Waals surface area contributed by atoms with Gasteiger partial charge < -0.3 is 15.5 Å². The third-order valence-corrected chi connectivity index (χ3v) is 4.37. The van der Waals surface area contributed by atoms with Gasteiger partial charge in [-0.15, -0.1) is 0 Å². The molecule has 0 saturated carbocycles. The van der Waals surface area contributed by atoms with Crippen LogP contribution in [0.1, 0.15) is 18.5 Å². The van der Waals surface area contributed by atoms with Gasteiger partial charge >= 0.3 is 0 Å². The van der Waals surface area contributed by atoms with Crippen molar-refractivity contribution in [3.8, 4) is 0 Å². The summed E-state index contributed by atoms with van der Waals surface area (Å²) in [5, 5.41) is 6.97. The van der Waals surface area contributed by atoms with Gasteiger partial charge in [0.05, 0.1) is 0 Å². The summed E-state index contributed by atoms with van der Waals surface area (Å²) >= 11 is 6.10. The Labute approximate surface area is 141 Å². The Morgan fingerprint density at radius 2 is 2.00 bits per heavy atom. The number of pyridine rings is 1. The van der Waals surface area contributed by atoms with Crippen LogP contribution in [-0.4, -0.2) is 41.1 Å².